The average molecular weight is 510 g/mol. The van der Waals surface area contributed by atoms with Crippen LogP contribution in [0.25, 0.3) is 0 Å². The summed E-state index contributed by atoms with van der Waals surface area (Å²) in [6.07, 6.45) is 3.34. The molecule has 3 N–H and O–H groups in total. The number of rotatable bonds is 7. The van der Waals surface area contributed by atoms with Crippen molar-refractivity contribution < 1.29 is 29.0 Å². The lowest BCUT2D eigenvalue weighted by Gasteiger charge is -2.32. The highest BCUT2D eigenvalue weighted by Crippen LogP contribution is 2.30. The summed E-state index contributed by atoms with van der Waals surface area (Å²) in [4.78, 5) is 38.0. The Morgan fingerprint density at radius 2 is 1.81 bits per heavy atom. The van der Waals surface area contributed by atoms with E-state index in [-0.39, 0.29) is 30.6 Å². The average Bonchev–Trinajstić information content (AvgIpc) is 2.86. The molecule has 0 bridgehead atoms. The second kappa shape index (κ2) is 12.0. The summed E-state index contributed by atoms with van der Waals surface area (Å²) in [5.41, 5.74) is 4.42. The maximum absolute atomic E-state index is 12.7. The minimum absolute atomic E-state index is 0.151. The number of urea groups is 1. The van der Waals surface area contributed by atoms with Gasteiger partial charge in [-0.2, -0.15) is 0 Å². The normalized spacial score (nSPS) is 18.9. The van der Waals surface area contributed by atoms with Gasteiger partial charge in [-0.3, -0.25) is 4.79 Å². The zero-order valence-electron chi connectivity index (χ0n) is 21.4. The highest BCUT2D eigenvalue weighted by molar-refractivity contribution is 6.00. The largest absolute Gasteiger partial charge is 0.494 e. The van der Waals surface area contributed by atoms with Gasteiger partial charge in [-0.15, -0.1) is 0 Å². The summed E-state index contributed by atoms with van der Waals surface area (Å²) < 4.78 is 11.3. The summed E-state index contributed by atoms with van der Waals surface area (Å²) in [6, 6.07) is 11.0. The fraction of sp³-hybridized carbons (Fsp3) is 0.464. The van der Waals surface area contributed by atoms with Crippen LogP contribution in [0.2, 0.25) is 0 Å². The number of ether oxygens (including phenoxy) is 2. The lowest BCUT2D eigenvalue weighted by molar-refractivity contribution is -0.138. The second-order valence-corrected chi connectivity index (χ2v) is 9.77. The SMILES string of the molecule is CCOc1ccc(C)c(NC(=O)Nc2ccc3c(c2)CCN(C(=O)O[C@H]2CC[C@H](CC(=O)O)CC2)C3)c1. The van der Waals surface area contributed by atoms with E-state index in [0.717, 1.165) is 29.5 Å². The Labute approximate surface area is 217 Å². The molecule has 1 heterocycles. The van der Waals surface area contributed by atoms with Crippen LogP contribution in [-0.2, 0) is 22.5 Å². The van der Waals surface area contributed by atoms with Gasteiger partial charge >= 0.3 is 18.1 Å². The van der Waals surface area contributed by atoms with Gasteiger partial charge in [0.2, 0.25) is 0 Å². The Kier molecular flexibility index (Phi) is 8.53. The minimum atomic E-state index is -0.770. The van der Waals surface area contributed by atoms with Gasteiger partial charge in [-0.05, 0) is 86.8 Å². The fourth-order valence-electron chi connectivity index (χ4n) is 4.98. The van der Waals surface area contributed by atoms with Crippen LogP contribution in [0.1, 0.15) is 55.7 Å². The lowest BCUT2D eigenvalue weighted by Crippen LogP contribution is -2.39. The molecule has 9 heteroatoms. The summed E-state index contributed by atoms with van der Waals surface area (Å²) in [5, 5.41) is 14.7. The van der Waals surface area contributed by atoms with Gasteiger partial charge in [-0.1, -0.05) is 12.1 Å². The second-order valence-electron chi connectivity index (χ2n) is 9.77. The van der Waals surface area contributed by atoms with Crippen molar-refractivity contribution in [1.29, 1.82) is 0 Å². The number of amides is 3. The number of hydrogen-bond donors (Lipinski definition) is 3. The van der Waals surface area contributed by atoms with Gasteiger partial charge < -0.3 is 30.1 Å². The molecule has 2 aromatic carbocycles. The van der Waals surface area contributed by atoms with Crippen molar-refractivity contribution in [3.8, 4) is 5.75 Å². The number of aryl methyl sites for hydroxylation is 1. The molecule has 0 radical (unpaired) electrons. The number of anilines is 2. The zero-order chi connectivity index (χ0) is 26.4. The molecule has 9 nitrogen and oxygen atoms in total. The molecule has 1 saturated carbocycles. The number of carboxylic acid groups (broad SMARTS) is 1. The molecule has 0 atom stereocenters. The monoisotopic (exact) mass is 509 g/mol. The number of carboxylic acids is 1. The maximum Gasteiger partial charge on any atom is 0.410 e. The summed E-state index contributed by atoms with van der Waals surface area (Å²) in [5.74, 6) is 0.100. The third kappa shape index (κ3) is 7.15. The first-order chi connectivity index (χ1) is 17.8. The van der Waals surface area contributed by atoms with Crippen LogP contribution in [0.15, 0.2) is 36.4 Å². The van der Waals surface area contributed by atoms with Crippen molar-refractivity contribution in [3.63, 3.8) is 0 Å². The van der Waals surface area contributed by atoms with E-state index in [2.05, 4.69) is 10.6 Å². The number of carbonyl (C=O) groups is 3. The van der Waals surface area contributed by atoms with Gasteiger partial charge in [0, 0.05) is 37.0 Å². The molecule has 3 amide bonds. The van der Waals surface area contributed by atoms with Crippen LogP contribution in [0.4, 0.5) is 21.0 Å². The Morgan fingerprint density at radius 1 is 1.03 bits per heavy atom. The third-order valence-electron chi connectivity index (χ3n) is 7.03. The van der Waals surface area contributed by atoms with Crippen molar-refractivity contribution >= 4 is 29.5 Å². The third-order valence-corrected chi connectivity index (χ3v) is 7.03. The molecular weight excluding hydrogens is 474 g/mol. The predicted molar refractivity (Wildman–Crippen MR) is 140 cm³/mol. The molecule has 198 valence electrons. The van der Waals surface area contributed by atoms with E-state index in [9.17, 15) is 14.4 Å². The molecule has 4 rings (SSSR count). The standard InChI is InChI=1S/C28H35N3O6/c1-3-36-24-9-4-18(2)25(16-24)30-27(34)29-22-8-7-21-17-31(13-12-20(21)15-22)28(35)37-23-10-5-19(6-11-23)14-26(32)33/h4,7-9,15-16,19,23H,3,5-6,10-14,17H2,1-2H3,(H,32,33)(H2,29,30,34)/t19-,23-. The van der Waals surface area contributed by atoms with Crippen LogP contribution in [-0.4, -0.2) is 47.4 Å². The van der Waals surface area contributed by atoms with E-state index in [1.54, 1.807) is 11.0 Å². The maximum atomic E-state index is 12.7. The Hall–Kier alpha value is -3.75. The van der Waals surface area contributed by atoms with Gasteiger partial charge in [0.25, 0.3) is 0 Å². The van der Waals surface area contributed by atoms with Gasteiger partial charge in [0.1, 0.15) is 11.9 Å². The molecule has 1 aliphatic heterocycles. The summed E-state index contributed by atoms with van der Waals surface area (Å²) >= 11 is 0. The van der Waals surface area contributed by atoms with E-state index in [4.69, 9.17) is 14.6 Å². The topological polar surface area (TPSA) is 117 Å². The first-order valence-electron chi connectivity index (χ1n) is 12.9. The molecule has 37 heavy (non-hydrogen) atoms. The number of nitrogens with one attached hydrogen (secondary N) is 2. The molecule has 0 spiro atoms. The molecule has 2 aromatic rings. The number of hydrogen-bond acceptors (Lipinski definition) is 5. The molecule has 0 unspecified atom stereocenters. The smallest absolute Gasteiger partial charge is 0.410 e. The molecule has 0 aromatic heterocycles. The lowest BCUT2D eigenvalue weighted by atomic mass is 9.85. The number of aliphatic carboxylic acids is 1. The molecule has 2 aliphatic rings. The molecule has 0 saturated heterocycles. The minimum Gasteiger partial charge on any atom is -0.494 e. The van der Waals surface area contributed by atoms with E-state index < -0.39 is 5.97 Å². The predicted octanol–water partition coefficient (Wildman–Crippen LogP) is 5.57. The van der Waals surface area contributed by atoms with E-state index in [1.807, 2.05) is 44.2 Å². The number of fused-ring (bicyclic) bond motifs is 1. The number of nitrogens with zero attached hydrogens (tertiary/aromatic N) is 1. The van der Waals surface area contributed by atoms with Crippen LogP contribution in [0.5, 0.6) is 5.75 Å². The quantitative estimate of drug-likeness (QED) is 0.449. The van der Waals surface area contributed by atoms with Gasteiger partial charge in [-0.25, -0.2) is 9.59 Å². The van der Waals surface area contributed by atoms with Crippen molar-refractivity contribution in [2.24, 2.45) is 5.92 Å². The van der Waals surface area contributed by atoms with E-state index in [1.165, 1.54) is 0 Å². The van der Waals surface area contributed by atoms with Crippen molar-refractivity contribution in [1.82, 2.24) is 4.90 Å². The van der Waals surface area contributed by atoms with Crippen molar-refractivity contribution in [2.75, 3.05) is 23.8 Å². The van der Waals surface area contributed by atoms with Crippen LogP contribution in [0.3, 0.4) is 0 Å². The summed E-state index contributed by atoms with van der Waals surface area (Å²) in [7, 11) is 0. The highest BCUT2D eigenvalue weighted by atomic mass is 16.6. The van der Waals surface area contributed by atoms with E-state index in [0.29, 0.717) is 56.1 Å². The Morgan fingerprint density at radius 3 is 2.54 bits per heavy atom. The fourth-order valence-corrected chi connectivity index (χ4v) is 4.98. The van der Waals surface area contributed by atoms with E-state index >= 15 is 0 Å². The Balaban J connectivity index is 1.28. The first kappa shape index (κ1) is 26.3. The zero-order valence-corrected chi connectivity index (χ0v) is 21.4. The van der Waals surface area contributed by atoms with Crippen LogP contribution >= 0.6 is 0 Å². The van der Waals surface area contributed by atoms with Crippen LogP contribution < -0.4 is 15.4 Å². The van der Waals surface area contributed by atoms with Crippen LogP contribution in [0, 0.1) is 12.8 Å². The van der Waals surface area contributed by atoms with Gasteiger partial charge in [0.15, 0.2) is 0 Å². The van der Waals surface area contributed by atoms with Crippen molar-refractivity contribution in [3.05, 3.63) is 53.1 Å². The highest BCUT2D eigenvalue weighted by Gasteiger charge is 2.28. The molecular formula is C28H35N3O6. The first-order valence-corrected chi connectivity index (χ1v) is 12.9. The molecule has 1 fully saturated rings. The van der Waals surface area contributed by atoms with Crippen molar-refractivity contribution in [2.45, 2.75) is 65.0 Å². The number of benzene rings is 2. The van der Waals surface area contributed by atoms with Gasteiger partial charge in [0.05, 0.1) is 6.61 Å². The molecule has 1 aliphatic carbocycles. The number of carbonyl (C=O) groups excluding carboxylic acids is 2. The Bertz CT molecular complexity index is 1140. The summed E-state index contributed by atoms with van der Waals surface area (Å²) in [6.45, 7) is 5.38.